The summed E-state index contributed by atoms with van der Waals surface area (Å²) in [5.74, 6) is 1.19. The average molecular weight is 308 g/mol. The van der Waals surface area contributed by atoms with Crippen LogP contribution in [0.2, 0.25) is 0 Å². The van der Waals surface area contributed by atoms with E-state index >= 15 is 0 Å². The topological polar surface area (TPSA) is 42.4 Å². The molecule has 1 saturated heterocycles. The lowest BCUT2D eigenvalue weighted by molar-refractivity contribution is -0.145. The molecule has 0 N–H and O–H groups in total. The van der Waals surface area contributed by atoms with Crippen LogP contribution in [0, 0.1) is 11.8 Å². The summed E-state index contributed by atoms with van der Waals surface area (Å²) in [7, 11) is 0. The van der Waals surface area contributed by atoms with Gasteiger partial charge in [-0.3, -0.25) is 4.79 Å². The maximum atomic E-state index is 12.0. The molecule has 1 aliphatic carbocycles. The third kappa shape index (κ3) is 2.93. The van der Waals surface area contributed by atoms with E-state index in [-0.39, 0.29) is 11.9 Å². The van der Waals surface area contributed by atoms with E-state index in [4.69, 9.17) is 9.72 Å². The fourth-order valence-corrected chi connectivity index (χ4v) is 4.80. The molecule has 2 aliphatic rings. The number of aryl methyl sites for hydroxylation is 1. The molecule has 5 heteroatoms. The van der Waals surface area contributed by atoms with Crippen LogP contribution < -0.4 is 4.90 Å². The number of hydrogen-bond acceptors (Lipinski definition) is 5. The maximum absolute atomic E-state index is 12.0. The molecular formula is C16H24N2O2S. The summed E-state index contributed by atoms with van der Waals surface area (Å²) in [6.07, 6.45) is 3.13. The second-order valence-corrected chi connectivity index (χ2v) is 7.56. The molecule has 0 aromatic carbocycles. The predicted octanol–water partition coefficient (Wildman–Crippen LogP) is 3.22. The van der Waals surface area contributed by atoms with Crippen LogP contribution in [-0.4, -0.2) is 30.6 Å². The molecule has 2 heterocycles. The zero-order chi connectivity index (χ0) is 15.0. The van der Waals surface area contributed by atoms with Crippen LogP contribution >= 0.6 is 11.3 Å². The Hall–Kier alpha value is -1.10. The lowest BCUT2D eigenvalue weighted by Crippen LogP contribution is -2.38. The van der Waals surface area contributed by atoms with Crippen molar-refractivity contribution in [2.24, 2.45) is 11.8 Å². The lowest BCUT2D eigenvalue weighted by atomic mass is 9.92. The van der Waals surface area contributed by atoms with Gasteiger partial charge in [0.15, 0.2) is 5.13 Å². The molecule has 3 rings (SSSR count). The van der Waals surface area contributed by atoms with Gasteiger partial charge >= 0.3 is 5.97 Å². The summed E-state index contributed by atoms with van der Waals surface area (Å²) in [4.78, 5) is 20.5. The Morgan fingerprint density at radius 1 is 1.38 bits per heavy atom. The molecule has 0 saturated carbocycles. The maximum Gasteiger partial charge on any atom is 0.315 e. The molecule has 3 unspecified atom stereocenters. The normalized spacial score (nSPS) is 28.5. The van der Waals surface area contributed by atoms with Gasteiger partial charge in [0.2, 0.25) is 0 Å². The molecule has 1 fully saturated rings. The van der Waals surface area contributed by atoms with Gasteiger partial charge in [0.25, 0.3) is 0 Å². The van der Waals surface area contributed by atoms with Crippen LogP contribution in [-0.2, 0) is 16.0 Å². The van der Waals surface area contributed by atoms with Crippen LogP contribution in [0.1, 0.15) is 50.1 Å². The number of ether oxygens (including phenoxy) is 1. The SMILES string of the molecule is CCOC(=O)C1CCc2sc(N3CC(C)CC(C)C3)nc21. The Balaban J connectivity index is 1.78. The van der Waals surface area contributed by atoms with Crippen LogP contribution in [0.5, 0.6) is 0 Å². The van der Waals surface area contributed by atoms with Crippen molar-refractivity contribution in [1.29, 1.82) is 0 Å². The van der Waals surface area contributed by atoms with Gasteiger partial charge < -0.3 is 9.64 Å². The molecule has 116 valence electrons. The highest BCUT2D eigenvalue weighted by Gasteiger charge is 2.35. The molecule has 1 aliphatic heterocycles. The van der Waals surface area contributed by atoms with E-state index in [0.717, 1.165) is 36.8 Å². The van der Waals surface area contributed by atoms with Crippen LogP contribution in [0.15, 0.2) is 0 Å². The van der Waals surface area contributed by atoms with Gasteiger partial charge in [-0.2, -0.15) is 0 Å². The Labute approximate surface area is 130 Å². The molecular weight excluding hydrogens is 284 g/mol. The highest BCUT2D eigenvalue weighted by molar-refractivity contribution is 7.15. The fraction of sp³-hybridized carbons (Fsp3) is 0.750. The third-order valence-corrected chi connectivity index (χ3v) is 5.61. The summed E-state index contributed by atoms with van der Waals surface area (Å²) >= 11 is 1.78. The molecule has 0 radical (unpaired) electrons. The first kappa shape index (κ1) is 14.8. The average Bonchev–Trinajstić information content (AvgIpc) is 2.96. The van der Waals surface area contributed by atoms with Gasteiger partial charge in [0.1, 0.15) is 5.92 Å². The molecule has 0 amide bonds. The van der Waals surface area contributed by atoms with E-state index in [1.165, 1.54) is 11.3 Å². The summed E-state index contributed by atoms with van der Waals surface area (Å²) in [6.45, 7) is 9.10. The molecule has 3 atom stereocenters. The van der Waals surface area contributed by atoms with Gasteiger partial charge in [-0.15, -0.1) is 11.3 Å². The number of thiazole rings is 1. The van der Waals surface area contributed by atoms with Gasteiger partial charge in [-0.05, 0) is 38.0 Å². The minimum Gasteiger partial charge on any atom is -0.465 e. The lowest BCUT2D eigenvalue weighted by Gasteiger charge is -2.34. The second-order valence-electron chi connectivity index (χ2n) is 6.50. The highest BCUT2D eigenvalue weighted by Crippen LogP contribution is 2.41. The second kappa shape index (κ2) is 5.95. The summed E-state index contributed by atoms with van der Waals surface area (Å²) in [5.41, 5.74) is 0.985. The standard InChI is InChI=1S/C16H24N2O2S/c1-4-20-15(19)12-5-6-13-14(12)17-16(21-13)18-8-10(2)7-11(3)9-18/h10-12H,4-9H2,1-3H3. The number of fused-ring (bicyclic) bond motifs is 1. The number of esters is 1. The van der Waals surface area contributed by atoms with Crippen LogP contribution in [0.3, 0.4) is 0 Å². The predicted molar refractivity (Wildman–Crippen MR) is 85.0 cm³/mol. The summed E-state index contributed by atoms with van der Waals surface area (Å²) in [6, 6.07) is 0. The van der Waals surface area contributed by atoms with Crippen molar-refractivity contribution in [3.05, 3.63) is 10.6 Å². The van der Waals surface area contributed by atoms with Gasteiger partial charge in [-0.1, -0.05) is 13.8 Å². The number of piperidine rings is 1. The van der Waals surface area contributed by atoms with Gasteiger partial charge in [0, 0.05) is 18.0 Å². The van der Waals surface area contributed by atoms with E-state index < -0.39 is 0 Å². The molecule has 0 spiro atoms. The van der Waals surface area contributed by atoms with E-state index in [1.807, 2.05) is 6.92 Å². The Morgan fingerprint density at radius 3 is 2.76 bits per heavy atom. The van der Waals surface area contributed by atoms with Crippen molar-refractivity contribution in [2.75, 3.05) is 24.6 Å². The van der Waals surface area contributed by atoms with Crippen molar-refractivity contribution < 1.29 is 9.53 Å². The molecule has 1 aromatic rings. The van der Waals surface area contributed by atoms with Crippen molar-refractivity contribution in [3.8, 4) is 0 Å². The monoisotopic (exact) mass is 308 g/mol. The van der Waals surface area contributed by atoms with E-state index in [1.54, 1.807) is 11.3 Å². The number of rotatable bonds is 3. The van der Waals surface area contributed by atoms with Crippen LogP contribution in [0.25, 0.3) is 0 Å². The number of carbonyl (C=O) groups is 1. The van der Waals surface area contributed by atoms with E-state index in [0.29, 0.717) is 18.4 Å². The summed E-state index contributed by atoms with van der Waals surface area (Å²) in [5, 5.41) is 1.10. The third-order valence-electron chi connectivity index (χ3n) is 4.42. The zero-order valence-corrected chi connectivity index (χ0v) is 13.9. The number of carbonyl (C=O) groups excluding carboxylic acids is 1. The molecule has 1 aromatic heterocycles. The van der Waals surface area contributed by atoms with E-state index in [2.05, 4.69) is 18.7 Å². The first-order chi connectivity index (χ1) is 10.1. The number of hydrogen-bond donors (Lipinski definition) is 0. The fourth-order valence-electron chi connectivity index (χ4n) is 3.64. The highest BCUT2D eigenvalue weighted by atomic mass is 32.1. The number of aromatic nitrogens is 1. The van der Waals surface area contributed by atoms with Gasteiger partial charge in [0.05, 0.1) is 12.3 Å². The number of anilines is 1. The summed E-state index contributed by atoms with van der Waals surface area (Å²) < 4.78 is 5.18. The molecule has 0 bridgehead atoms. The van der Waals surface area contributed by atoms with Crippen molar-refractivity contribution >= 4 is 22.4 Å². The number of nitrogens with zero attached hydrogens (tertiary/aromatic N) is 2. The Morgan fingerprint density at radius 2 is 2.10 bits per heavy atom. The van der Waals surface area contributed by atoms with Crippen molar-refractivity contribution in [2.45, 2.75) is 46.0 Å². The quantitative estimate of drug-likeness (QED) is 0.804. The largest absolute Gasteiger partial charge is 0.465 e. The minimum atomic E-state index is -0.135. The smallest absolute Gasteiger partial charge is 0.315 e. The van der Waals surface area contributed by atoms with Gasteiger partial charge in [-0.25, -0.2) is 4.98 Å². The Bertz CT molecular complexity index is 518. The Kier molecular flexibility index (Phi) is 4.20. The molecule has 21 heavy (non-hydrogen) atoms. The molecule has 4 nitrogen and oxygen atoms in total. The van der Waals surface area contributed by atoms with Crippen molar-refractivity contribution in [3.63, 3.8) is 0 Å². The van der Waals surface area contributed by atoms with Crippen molar-refractivity contribution in [1.82, 2.24) is 4.98 Å². The zero-order valence-electron chi connectivity index (χ0n) is 13.1. The van der Waals surface area contributed by atoms with Crippen LogP contribution in [0.4, 0.5) is 5.13 Å². The first-order valence-electron chi connectivity index (χ1n) is 7.99. The first-order valence-corrected chi connectivity index (χ1v) is 8.81. The van der Waals surface area contributed by atoms with E-state index in [9.17, 15) is 4.79 Å². The minimum absolute atomic E-state index is 0.103.